The third-order valence-corrected chi connectivity index (χ3v) is 2.07. The maximum atomic E-state index is 10.9. The van der Waals surface area contributed by atoms with Crippen molar-refractivity contribution < 1.29 is 14.7 Å². The van der Waals surface area contributed by atoms with E-state index in [9.17, 15) is 9.59 Å². The first-order chi connectivity index (χ1) is 5.18. The molecule has 0 aromatic rings. The maximum absolute atomic E-state index is 10.9. The van der Waals surface area contributed by atoms with Gasteiger partial charge < -0.3 is 10.0 Å². The van der Waals surface area contributed by atoms with E-state index >= 15 is 0 Å². The molecule has 11 heavy (non-hydrogen) atoms. The topological polar surface area (TPSA) is 69.6 Å². The first-order valence-corrected chi connectivity index (χ1v) is 3.48. The van der Waals surface area contributed by atoms with Gasteiger partial charge in [-0.05, 0) is 0 Å². The van der Waals surface area contributed by atoms with Crippen molar-refractivity contribution in [2.45, 2.75) is 18.6 Å². The zero-order valence-electron chi connectivity index (χ0n) is 5.78. The highest BCUT2D eigenvalue weighted by Crippen LogP contribution is 2.21. The number of fused-ring (bicyclic) bond motifs is 1. The van der Waals surface area contributed by atoms with E-state index in [4.69, 9.17) is 5.11 Å². The van der Waals surface area contributed by atoms with Crippen molar-refractivity contribution >= 4 is 11.9 Å². The summed E-state index contributed by atoms with van der Waals surface area (Å²) in [5.74, 6) is -0.286. The second kappa shape index (κ2) is 1.94. The van der Waals surface area contributed by atoms with Gasteiger partial charge in [0.25, 0.3) is 5.91 Å². The minimum absolute atomic E-state index is 0.280. The van der Waals surface area contributed by atoms with Crippen molar-refractivity contribution in [1.29, 1.82) is 0 Å². The highest BCUT2D eigenvalue weighted by molar-refractivity contribution is 6.04. The number of hydrogen-bond acceptors (Lipinski definition) is 3. The SMILES string of the molecule is O=C1NC(=O)N2CC(O)CC12. The summed E-state index contributed by atoms with van der Waals surface area (Å²) in [4.78, 5) is 23.2. The highest BCUT2D eigenvalue weighted by Gasteiger charge is 2.44. The average molecular weight is 156 g/mol. The predicted molar refractivity (Wildman–Crippen MR) is 34.7 cm³/mol. The third kappa shape index (κ3) is 0.808. The van der Waals surface area contributed by atoms with Crippen LogP contribution in [-0.2, 0) is 4.79 Å². The monoisotopic (exact) mass is 156 g/mol. The molecule has 0 bridgehead atoms. The molecule has 2 rings (SSSR count). The molecule has 3 amide bonds. The van der Waals surface area contributed by atoms with Crippen LogP contribution < -0.4 is 5.32 Å². The summed E-state index contributed by atoms with van der Waals surface area (Å²) in [7, 11) is 0. The smallest absolute Gasteiger partial charge is 0.324 e. The molecule has 2 atom stereocenters. The van der Waals surface area contributed by atoms with Gasteiger partial charge >= 0.3 is 6.03 Å². The second-order valence-electron chi connectivity index (χ2n) is 2.85. The summed E-state index contributed by atoms with van der Waals surface area (Å²) in [5.41, 5.74) is 0. The van der Waals surface area contributed by atoms with Crippen LogP contribution in [0.5, 0.6) is 0 Å². The van der Waals surface area contributed by atoms with Gasteiger partial charge in [-0.2, -0.15) is 0 Å². The number of carbonyl (C=O) groups is 2. The number of rotatable bonds is 0. The molecule has 2 unspecified atom stereocenters. The van der Waals surface area contributed by atoms with Crippen LogP contribution in [0.4, 0.5) is 4.79 Å². The summed E-state index contributed by atoms with van der Waals surface area (Å²) >= 11 is 0. The van der Waals surface area contributed by atoms with Crippen molar-refractivity contribution in [1.82, 2.24) is 10.2 Å². The Kier molecular flexibility index (Phi) is 1.17. The number of carbonyl (C=O) groups excluding carboxylic acids is 2. The Morgan fingerprint density at radius 3 is 2.91 bits per heavy atom. The van der Waals surface area contributed by atoms with Gasteiger partial charge in [0, 0.05) is 13.0 Å². The quantitative estimate of drug-likeness (QED) is 0.427. The fourth-order valence-electron chi connectivity index (χ4n) is 1.55. The van der Waals surface area contributed by atoms with Gasteiger partial charge in [0.1, 0.15) is 6.04 Å². The predicted octanol–water partition coefficient (Wildman–Crippen LogP) is -1.33. The number of urea groups is 1. The van der Waals surface area contributed by atoms with Crippen LogP contribution in [0.3, 0.4) is 0 Å². The molecule has 2 N–H and O–H groups in total. The minimum atomic E-state index is -0.532. The number of amides is 3. The molecule has 2 saturated heterocycles. The molecule has 2 fully saturated rings. The molecule has 0 saturated carbocycles. The van der Waals surface area contributed by atoms with Crippen molar-refractivity contribution in [2.24, 2.45) is 0 Å². The third-order valence-electron chi connectivity index (χ3n) is 2.07. The lowest BCUT2D eigenvalue weighted by atomic mass is 10.2. The van der Waals surface area contributed by atoms with Gasteiger partial charge in [0.2, 0.25) is 0 Å². The Hall–Kier alpha value is -1.10. The van der Waals surface area contributed by atoms with Crippen LogP contribution in [0, 0.1) is 0 Å². The van der Waals surface area contributed by atoms with Gasteiger partial charge in [0.05, 0.1) is 6.10 Å². The van der Waals surface area contributed by atoms with Gasteiger partial charge in [-0.25, -0.2) is 4.79 Å². The van der Waals surface area contributed by atoms with Crippen LogP contribution in [0.25, 0.3) is 0 Å². The Morgan fingerprint density at radius 2 is 2.27 bits per heavy atom. The van der Waals surface area contributed by atoms with Crippen molar-refractivity contribution in [2.75, 3.05) is 6.54 Å². The molecule has 5 nitrogen and oxygen atoms in total. The molecular formula is C6H8N2O3. The minimum Gasteiger partial charge on any atom is -0.391 e. The molecule has 0 radical (unpaired) electrons. The molecule has 2 aliphatic rings. The molecular weight excluding hydrogens is 148 g/mol. The number of nitrogens with zero attached hydrogens (tertiary/aromatic N) is 1. The molecule has 0 aliphatic carbocycles. The van der Waals surface area contributed by atoms with Crippen LogP contribution in [0.1, 0.15) is 6.42 Å². The largest absolute Gasteiger partial charge is 0.391 e. The van der Waals surface area contributed by atoms with Gasteiger partial charge in [-0.15, -0.1) is 0 Å². The molecule has 0 aromatic carbocycles. The Balaban J connectivity index is 2.23. The van der Waals surface area contributed by atoms with Crippen LogP contribution in [0.15, 0.2) is 0 Å². The fourth-order valence-corrected chi connectivity index (χ4v) is 1.55. The Bertz CT molecular complexity index is 206. The number of nitrogens with one attached hydrogen (secondary N) is 1. The zero-order valence-corrected chi connectivity index (χ0v) is 5.78. The summed E-state index contributed by atoms with van der Waals surface area (Å²) < 4.78 is 0. The van der Waals surface area contributed by atoms with Crippen LogP contribution >= 0.6 is 0 Å². The van der Waals surface area contributed by atoms with Gasteiger partial charge in [-0.3, -0.25) is 10.1 Å². The van der Waals surface area contributed by atoms with Crippen molar-refractivity contribution in [3.63, 3.8) is 0 Å². The molecule has 2 aliphatic heterocycles. The summed E-state index contributed by atoms with van der Waals surface area (Å²) in [6, 6.07) is -0.797. The lowest BCUT2D eigenvalue weighted by molar-refractivity contribution is -0.121. The maximum Gasteiger partial charge on any atom is 0.324 e. The Morgan fingerprint density at radius 1 is 1.55 bits per heavy atom. The van der Waals surface area contributed by atoms with Crippen molar-refractivity contribution in [3.05, 3.63) is 0 Å². The molecule has 60 valence electrons. The summed E-state index contributed by atoms with van der Waals surface area (Å²) in [6.45, 7) is 0.280. The normalized spacial score (nSPS) is 35.9. The lowest BCUT2D eigenvalue weighted by Gasteiger charge is -2.09. The summed E-state index contributed by atoms with van der Waals surface area (Å²) in [5, 5.41) is 11.3. The van der Waals surface area contributed by atoms with Gasteiger partial charge in [-0.1, -0.05) is 0 Å². The van der Waals surface area contributed by atoms with E-state index < -0.39 is 12.1 Å². The molecule has 2 heterocycles. The fraction of sp³-hybridized carbons (Fsp3) is 0.667. The second-order valence-corrected chi connectivity index (χ2v) is 2.85. The van der Waals surface area contributed by atoms with E-state index in [0.29, 0.717) is 6.42 Å². The first kappa shape index (κ1) is 6.60. The number of imide groups is 1. The zero-order chi connectivity index (χ0) is 8.01. The van der Waals surface area contributed by atoms with E-state index in [2.05, 4.69) is 5.32 Å². The van der Waals surface area contributed by atoms with Crippen LogP contribution in [-0.4, -0.2) is 40.6 Å². The van der Waals surface area contributed by atoms with E-state index in [0.717, 1.165) is 0 Å². The number of hydrogen-bond donors (Lipinski definition) is 2. The molecule has 5 heteroatoms. The average Bonchev–Trinajstić information content (AvgIpc) is 2.38. The van der Waals surface area contributed by atoms with E-state index in [-0.39, 0.29) is 18.5 Å². The number of aliphatic hydroxyl groups is 1. The van der Waals surface area contributed by atoms with Crippen LogP contribution in [0.2, 0.25) is 0 Å². The molecule has 0 aromatic heterocycles. The van der Waals surface area contributed by atoms with Crippen molar-refractivity contribution in [3.8, 4) is 0 Å². The molecule has 0 spiro atoms. The lowest BCUT2D eigenvalue weighted by Crippen LogP contribution is -2.30. The van der Waals surface area contributed by atoms with Gasteiger partial charge in [0.15, 0.2) is 0 Å². The van der Waals surface area contributed by atoms with E-state index in [1.807, 2.05) is 0 Å². The van der Waals surface area contributed by atoms with E-state index in [1.165, 1.54) is 4.90 Å². The van der Waals surface area contributed by atoms with E-state index in [1.54, 1.807) is 0 Å². The Labute approximate surface area is 63.0 Å². The standard InChI is InChI=1S/C6H8N2O3/c9-3-1-4-5(10)7-6(11)8(4)2-3/h3-4,9H,1-2H2,(H,7,10,11). The summed E-state index contributed by atoms with van der Waals surface area (Å²) in [6.07, 6.45) is -0.160. The first-order valence-electron chi connectivity index (χ1n) is 3.48. The highest BCUT2D eigenvalue weighted by atomic mass is 16.3. The number of aliphatic hydroxyl groups excluding tert-OH is 1.